The smallest absolute Gasteiger partial charge is 0.223 e. The molecule has 2 aliphatic rings. The van der Waals surface area contributed by atoms with Gasteiger partial charge < -0.3 is 14.6 Å². The number of hydrogen-bond acceptors (Lipinski definition) is 4. The lowest BCUT2D eigenvalue weighted by molar-refractivity contribution is -0.127. The van der Waals surface area contributed by atoms with Crippen molar-refractivity contribution in [2.45, 2.75) is 44.7 Å². The molecule has 4 rings (SSSR count). The van der Waals surface area contributed by atoms with E-state index in [1.807, 2.05) is 12.1 Å². The van der Waals surface area contributed by atoms with Crippen LogP contribution >= 0.6 is 0 Å². The van der Waals surface area contributed by atoms with Crippen molar-refractivity contribution < 1.29 is 9.21 Å². The van der Waals surface area contributed by atoms with Gasteiger partial charge in [-0.25, -0.2) is 0 Å². The first kappa shape index (κ1) is 20.2. The van der Waals surface area contributed by atoms with E-state index in [1.165, 1.54) is 12.0 Å². The molecule has 0 radical (unpaired) electrons. The van der Waals surface area contributed by atoms with Gasteiger partial charge in [0.15, 0.2) is 0 Å². The molecule has 1 N–H and O–H groups in total. The number of nitrogens with one attached hydrogen (secondary N) is 1. The fourth-order valence-electron chi connectivity index (χ4n) is 4.60. The molecule has 5 heteroatoms. The van der Waals surface area contributed by atoms with Crippen LogP contribution in [0.15, 0.2) is 53.1 Å². The lowest BCUT2D eigenvalue weighted by Crippen LogP contribution is -2.50. The largest absolute Gasteiger partial charge is 0.468 e. The number of amides is 1. The Morgan fingerprint density at radius 3 is 2.59 bits per heavy atom. The van der Waals surface area contributed by atoms with Crippen LogP contribution in [0.2, 0.25) is 0 Å². The molecule has 2 aliphatic heterocycles. The third-order valence-electron chi connectivity index (χ3n) is 6.33. The third-order valence-corrected chi connectivity index (χ3v) is 6.33. The van der Waals surface area contributed by atoms with E-state index in [0.29, 0.717) is 6.04 Å². The maximum absolute atomic E-state index is 12.8. The average Bonchev–Trinajstić information content (AvgIpc) is 3.27. The van der Waals surface area contributed by atoms with E-state index in [2.05, 4.69) is 45.4 Å². The zero-order valence-corrected chi connectivity index (χ0v) is 17.3. The minimum atomic E-state index is 0.155. The number of piperidine rings is 2. The van der Waals surface area contributed by atoms with Gasteiger partial charge in [0.2, 0.25) is 5.91 Å². The summed E-state index contributed by atoms with van der Waals surface area (Å²) in [5.74, 6) is 1.42. The van der Waals surface area contributed by atoms with Gasteiger partial charge in [-0.1, -0.05) is 30.3 Å². The summed E-state index contributed by atoms with van der Waals surface area (Å²) in [6.45, 7) is 5.97. The second-order valence-corrected chi connectivity index (χ2v) is 8.51. The van der Waals surface area contributed by atoms with Gasteiger partial charge in [-0.3, -0.25) is 9.69 Å². The molecule has 3 heterocycles. The maximum atomic E-state index is 12.8. The Bertz CT molecular complexity index is 739. The molecular formula is C24H33N3O2. The molecule has 2 fully saturated rings. The highest BCUT2D eigenvalue weighted by Gasteiger charge is 2.28. The van der Waals surface area contributed by atoms with Gasteiger partial charge in [0.05, 0.1) is 12.8 Å². The second kappa shape index (κ2) is 10.1. The van der Waals surface area contributed by atoms with E-state index in [0.717, 1.165) is 70.7 Å². The molecule has 2 aromatic rings. The predicted octanol–water partition coefficient (Wildman–Crippen LogP) is 3.31. The Hall–Kier alpha value is -2.11. The van der Waals surface area contributed by atoms with E-state index in [1.54, 1.807) is 6.26 Å². The van der Waals surface area contributed by atoms with E-state index < -0.39 is 0 Å². The molecule has 0 saturated carbocycles. The van der Waals surface area contributed by atoms with Crippen LogP contribution in [0.5, 0.6) is 0 Å². The summed E-state index contributed by atoms with van der Waals surface area (Å²) in [6.07, 6.45) is 6.96. The monoisotopic (exact) mass is 395 g/mol. The molecule has 29 heavy (non-hydrogen) atoms. The van der Waals surface area contributed by atoms with Crippen LogP contribution in [0.1, 0.15) is 37.0 Å². The first-order chi connectivity index (χ1) is 14.3. The number of rotatable bonds is 7. The van der Waals surface area contributed by atoms with Crippen molar-refractivity contribution in [3.8, 4) is 0 Å². The van der Waals surface area contributed by atoms with Crippen molar-refractivity contribution in [1.82, 2.24) is 15.1 Å². The quantitative estimate of drug-likeness (QED) is 0.781. The van der Waals surface area contributed by atoms with Gasteiger partial charge >= 0.3 is 0 Å². The van der Waals surface area contributed by atoms with Gasteiger partial charge in [0.25, 0.3) is 0 Å². The van der Waals surface area contributed by atoms with Crippen LogP contribution in [-0.2, 0) is 17.8 Å². The minimum absolute atomic E-state index is 0.155. The molecule has 1 aromatic heterocycles. The van der Waals surface area contributed by atoms with Crippen LogP contribution in [0.25, 0.3) is 0 Å². The van der Waals surface area contributed by atoms with Crippen molar-refractivity contribution >= 4 is 5.91 Å². The average molecular weight is 396 g/mol. The Morgan fingerprint density at radius 2 is 1.83 bits per heavy atom. The van der Waals surface area contributed by atoms with E-state index >= 15 is 0 Å². The summed E-state index contributed by atoms with van der Waals surface area (Å²) in [5, 5.41) is 3.36. The molecule has 1 amide bonds. The first-order valence-corrected chi connectivity index (χ1v) is 11.1. The van der Waals surface area contributed by atoms with Crippen LogP contribution in [0.4, 0.5) is 0 Å². The number of hydrogen-bond donors (Lipinski definition) is 1. The van der Waals surface area contributed by atoms with Crippen molar-refractivity contribution in [2.24, 2.45) is 5.92 Å². The molecular weight excluding hydrogens is 362 g/mol. The number of furan rings is 1. The minimum Gasteiger partial charge on any atom is -0.468 e. The fraction of sp³-hybridized carbons (Fsp3) is 0.542. The van der Waals surface area contributed by atoms with Crippen molar-refractivity contribution in [3.63, 3.8) is 0 Å². The molecule has 0 aliphatic carbocycles. The normalized spacial score (nSPS) is 21.9. The maximum Gasteiger partial charge on any atom is 0.223 e. The van der Waals surface area contributed by atoms with E-state index in [-0.39, 0.29) is 11.8 Å². The Morgan fingerprint density at radius 1 is 1.00 bits per heavy atom. The molecule has 1 aromatic carbocycles. The van der Waals surface area contributed by atoms with Crippen LogP contribution < -0.4 is 5.32 Å². The summed E-state index contributed by atoms with van der Waals surface area (Å²) >= 11 is 0. The lowest BCUT2D eigenvalue weighted by Gasteiger charge is -2.35. The molecule has 5 nitrogen and oxygen atoms in total. The summed E-state index contributed by atoms with van der Waals surface area (Å²) < 4.78 is 5.44. The highest BCUT2D eigenvalue weighted by atomic mass is 16.3. The number of likely N-dealkylation sites (tertiary alicyclic amines) is 2. The standard InChI is InChI=1S/C24H33N3O2/c28-24(21-11-15-27(16-12-21)19-23-9-5-17-29-23)25-22-8-4-13-26(18-22)14-10-20-6-2-1-3-7-20/h1-3,5-7,9,17,21-22H,4,8,10-16,18-19H2,(H,25,28)/t22-/m0/s1. The van der Waals surface area contributed by atoms with Crippen molar-refractivity contribution in [2.75, 3.05) is 32.7 Å². The molecule has 0 unspecified atom stereocenters. The predicted molar refractivity (Wildman–Crippen MR) is 114 cm³/mol. The van der Waals surface area contributed by atoms with E-state index in [9.17, 15) is 4.79 Å². The molecule has 0 spiro atoms. The first-order valence-electron chi connectivity index (χ1n) is 11.1. The Kier molecular flexibility index (Phi) is 7.01. The van der Waals surface area contributed by atoms with Gasteiger partial charge in [-0.05, 0) is 69.4 Å². The topological polar surface area (TPSA) is 48.7 Å². The number of carbonyl (C=O) groups is 1. The lowest BCUT2D eigenvalue weighted by atomic mass is 9.94. The highest BCUT2D eigenvalue weighted by Crippen LogP contribution is 2.20. The number of carbonyl (C=O) groups excluding carboxylic acids is 1. The number of benzene rings is 1. The van der Waals surface area contributed by atoms with Crippen molar-refractivity contribution in [1.29, 1.82) is 0 Å². The van der Waals surface area contributed by atoms with Gasteiger partial charge in [-0.15, -0.1) is 0 Å². The SMILES string of the molecule is O=C(N[C@H]1CCCN(CCc2ccccc2)C1)C1CCN(Cc2ccco2)CC1. The second-order valence-electron chi connectivity index (χ2n) is 8.51. The summed E-state index contributed by atoms with van der Waals surface area (Å²) in [7, 11) is 0. The van der Waals surface area contributed by atoms with E-state index in [4.69, 9.17) is 4.42 Å². The summed E-state index contributed by atoms with van der Waals surface area (Å²) in [6, 6.07) is 14.9. The molecule has 1 atom stereocenters. The van der Waals surface area contributed by atoms with Crippen LogP contribution in [0, 0.1) is 5.92 Å². The summed E-state index contributed by atoms with van der Waals surface area (Å²) in [5.41, 5.74) is 1.39. The zero-order valence-electron chi connectivity index (χ0n) is 17.3. The zero-order chi connectivity index (χ0) is 19.9. The van der Waals surface area contributed by atoms with Gasteiger partial charge in [0.1, 0.15) is 5.76 Å². The molecule has 0 bridgehead atoms. The Labute approximate surface area is 174 Å². The van der Waals surface area contributed by atoms with Gasteiger partial charge in [0, 0.05) is 25.0 Å². The van der Waals surface area contributed by atoms with Crippen LogP contribution in [-0.4, -0.2) is 54.5 Å². The Balaban J connectivity index is 1.18. The fourth-order valence-corrected chi connectivity index (χ4v) is 4.60. The van der Waals surface area contributed by atoms with Gasteiger partial charge in [-0.2, -0.15) is 0 Å². The summed E-state index contributed by atoms with van der Waals surface area (Å²) in [4.78, 5) is 17.7. The molecule has 156 valence electrons. The number of nitrogens with zero attached hydrogens (tertiary/aromatic N) is 2. The third kappa shape index (κ3) is 5.94. The van der Waals surface area contributed by atoms with Crippen molar-refractivity contribution in [3.05, 3.63) is 60.1 Å². The molecule has 2 saturated heterocycles. The highest BCUT2D eigenvalue weighted by molar-refractivity contribution is 5.79. The van der Waals surface area contributed by atoms with Crippen LogP contribution in [0.3, 0.4) is 0 Å².